The lowest BCUT2D eigenvalue weighted by molar-refractivity contribution is 0.0981. The summed E-state index contributed by atoms with van der Waals surface area (Å²) in [6.45, 7) is 0.176. The quantitative estimate of drug-likeness (QED) is 0.402. The molecule has 0 saturated carbocycles. The highest BCUT2D eigenvalue weighted by molar-refractivity contribution is 5.72. The molecule has 0 heterocycles. The fourth-order valence-corrected chi connectivity index (χ4v) is 0.266. The molecule has 0 aromatic rings. The van der Waals surface area contributed by atoms with Crippen LogP contribution in [0.15, 0.2) is 0 Å². The van der Waals surface area contributed by atoms with Crippen LogP contribution in [0.25, 0.3) is 0 Å². The summed E-state index contributed by atoms with van der Waals surface area (Å²) in [7, 11) is 2.83. The molecule has 0 aromatic carbocycles. The molecule has 0 spiro atoms. The number of carbonyl (C=O) groups is 1. The molecule has 0 unspecified atom stereocenters. The van der Waals surface area contributed by atoms with Crippen LogP contribution in [-0.4, -0.2) is 27.0 Å². The van der Waals surface area contributed by atoms with Crippen LogP contribution in [0.1, 0.15) is 0 Å². The Balaban J connectivity index is 3.06. The van der Waals surface area contributed by atoms with Crippen molar-refractivity contribution >= 4 is 6.03 Å². The van der Waals surface area contributed by atoms with Crippen LogP contribution in [0.3, 0.4) is 0 Å². The second-order valence-electron chi connectivity index (χ2n) is 1.25. The van der Waals surface area contributed by atoms with Gasteiger partial charge < -0.3 is 10.1 Å². The smallest absolute Gasteiger partial charge is 0.340 e. The van der Waals surface area contributed by atoms with E-state index in [4.69, 9.17) is 0 Å². The highest BCUT2D eigenvalue weighted by atomic mass is 16.6. The molecule has 0 fully saturated rings. The van der Waals surface area contributed by atoms with Crippen LogP contribution >= 0.6 is 0 Å². The fourth-order valence-electron chi connectivity index (χ4n) is 0.266. The third kappa shape index (κ3) is 5.05. The average molecular weight is 134 g/mol. The largest absolute Gasteiger partial charge is 0.364 e. The summed E-state index contributed by atoms with van der Waals surface area (Å²) >= 11 is 0. The summed E-state index contributed by atoms with van der Waals surface area (Å²) in [6.07, 6.45) is 0. The Labute approximate surface area is 53.3 Å². The van der Waals surface area contributed by atoms with Gasteiger partial charge in [0.15, 0.2) is 0 Å². The molecule has 0 aliphatic rings. The number of hydrogen-bond donors (Lipinski definition) is 2. The molecule has 2 N–H and O–H groups in total. The lowest BCUT2D eigenvalue weighted by Gasteiger charge is -2.02. The van der Waals surface area contributed by atoms with Gasteiger partial charge in [-0.25, -0.2) is 10.3 Å². The second kappa shape index (κ2) is 5.33. The zero-order chi connectivity index (χ0) is 7.11. The molecular formula is C4H10N2O3. The van der Waals surface area contributed by atoms with Gasteiger partial charge in [0.2, 0.25) is 0 Å². The summed E-state index contributed by atoms with van der Waals surface area (Å²) in [4.78, 5) is 14.7. The van der Waals surface area contributed by atoms with Gasteiger partial charge >= 0.3 is 6.03 Å². The summed E-state index contributed by atoms with van der Waals surface area (Å²) in [5, 5.41) is 2.34. The minimum atomic E-state index is -0.417. The van der Waals surface area contributed by atoms with Gasteiger partial charge in [0.1, 0.15) is 6.73 Å². The van der Waals surface area contributed by atoms with E-state index in [1.165, 1.54) is 14.2 Å². The number of nitrogens with one attached hydrogen (secondary N) is 2. The fraction of sp³-hybridized carbons (Fsp3) is 0.750. The van der Waals surface area contributed by atoms with Crippen molar-refractivity contribution in [1.82, 2.24) is 10.8 Å². The van der Waals surface area contributed by atoms with Crippen LogP contribution < -0.4 is 10.8 Å². The zero-order valence-corrected chi connectivity index (χ0v) is 5.43. The van der Waals surface area contributed by atoms with Crippen molar-refractivity contribution in [2.24, 2.45) is 0 Å². The normalized spacial score (nSPS) is 8.67. The van der Waals surface area contributed by atoms with Gasteiger partial charge in [0.05, 0.1) is 7.11 Å². The molecule has 5 heteroatoms. The van der Waals surface area contributed by atoms with E-state index in [-0.39, 0.29) is 6.73 Å². The molecule has 2 amide bonds. The third-order valence-electron chi connectivity index (χ3n) is 0.572. The van der Waals surface area contributed by atoms with E-state index >= 15 is 0 Å². The number of hydroxylamine groups is 1. The predicted octanol–water partition coefficient (Wildman–Crippen LogP) is -0.549. The number of methoxy groups -OCH3 is 1. The van der Waals surface area contributed by atoms with E-state index in [0.717, 1.165) is 0 Å². The molecule has 0 radical (unpaired) electrons. The summed E-state index contributed by atoms with van der Waals surface area (Å²) in [5.74, 6) is 0. The van der Waals surface area contributed by atoms with Crippen LogP contribution in [0.5, 0.6) is 0 Å². The van der Waals surface area contributed by atoms with Gasteiger partial charge in [-0.3, -0.25) is 4.84 Å². The SMILES string of the molecule is COCNC(=O)NOC. The van der Waals surface area contributed by atoms with Crippen LogP contribution in [0, 0.1) is 0 Å². The Hall–Kier alpha value is -0.810. The first-order valence-corrected chi connectivity index (χ1v) is 2.37. The van der Waals surface area contributed by atoms with Crippen molar-refractivity contribution in [3.05, 3.63) is 0 Å². The van der Waals surface area contributed by atoms with Gasteiger partial charge in [-0.1, -0.05) is 0 Å². The van der Waals surface area contributed by atoms with E-state index in [1.807, 2.05) is 0 Å². The minimum absolute atomic E-state index is 0.176. The number of urea groups is 1. The van der Waals surface area contributed by atoms with Crippen molar-refractivity contribution in [2.45, 2.75) is 0 Å². The topological polar surface area (TPSA) is 59.6 Å². The first kappa shape index (κ1) is 8.19. The number of carbonyl (C=O) groups excluding carboxylic acids is 1. The summed E-state index contributed by atoms with van der Waals surface area (Å²) < 4.78 is 4.53. The average Bonchev–Trinajstić information content (AvgIpc) is 1.85. The maximum atomic E-state index is 10.4. The molecular weight excluding hydrogens is 124 g/mol. The number of ether oxygens (including phenoxy) is 1. The van der Waals surface area contributed by atoms with Crippen LogP contribution in [-0.2, 0) is 9.57 Å². The van der Waals surface area contributed by atoms with Crippen LogP contribution in [0.2, 0.25) is 0 Å². The van der Waals surface area contributed by atoms with Crippen molar-refractivity contribution in [3.8, 4) is 0 Å². The van der Waals surface area contributed by atoms with E-state index in [2.05, 4.69) is 20.4 Å². The maximum Gasteiger partial charge on any atom is 0.340 e. The number of rotatable bonds is 3. The van der Waals surface area contributed by atoms with E-state index in [1.54, 1.807) is 0 Å². The lowest BCUT2D eigenvalue weighted by atomic mass is 11.0. The molecule has 0 aromatic heterocycles. The molecule has 0 rings (SSSR count). The first-order valence-electron chi connectivity index (χ1n) is 2.37. The maximum absolute atomic E-state index is 10.4. The van der Waals surface area contributed by atoms with Crippen molar-refractivity contribution in [1.29, 1.82) is 0 Å². The van der Waals surface area contributed by atoms with Crippen molar-refractivity contribution in [2.75, 3.05) is 21.0 Å². The first-order chi connectivity index (χ1) is 4.31. The highest BCUT2D eigenvalue weighted by Gasteiger charge is 1.93. The van der Waals surface area contributed by atoms with Gasteiger partial charge in [0.25, 0.3) is 0 Å². The van der Waals surface area contributed by atoms with Gasteiger partial charge in [-0.05, 0) is 0 Å². The molecule has 0 atom stereocenters. The van der Waals surface area contributed by atoms with Gasteiger partial charge in [-0.2, -0.15) is 0 Å². The third-order valence-corrected chi connectivity index (χ3v) is 0.572. The Morgan fingerprint density at radius 2 is 2.22 bits per heavy atom. The number of amides is 2. The molecule has 5 nitrogen and oxygen atoms in total. The predicted molar refractivity (Wildman–Crippen MR) is 30.6 cm³/mol. The minimum Gasteiger partial charge on any atom is -0.364 e. The standard InChI is InChI=1S/C4H10N2O3/c1-8-3-5-4(7)6-9-2/h3H2,1-2H3,(H2,5,6,7). The van der Waals surface area contributed by atoms with E-state index < -0.39 is 6.03 Å². The molecule has 54 valence electrons. The Morgan fingerprint density at radius 3 is 2.67 bits per heavy atom. The summed E-state index contributed by atoms with van der Waals surface area (Å²) in [5.41, 5.74) is 2.05. The van der Waals surface area contributed by atoms with E-state index in [9.17, 15) is 4.79 Å². The number of hydrogen-bond acceptors (Lipinski definition) is 3. The Kier molecular flexibility index (Phi) is 4.85. The second-order valence-corrected chi connectivity index (χ2v) is 1.25. The molecule has 9 heavy (non-hydrogen) atoms. The lowest BCUT2D eigenvalue weighted by Crippen LogP contribution is -2.35. The molecule has 0 bridgehead atoms. The summed E-state index contributed by atoms with van der Waals surface area (Å²) in [6, 6.07) is -0.417. The van der Waals surface area contributed by atoms with Gasteiger partial charge in [-0.15, -0.1) is 0 Å². The molecule has 0 aliphatic heterocycles. The Bertz CT molecular complexity index is 85.9. The molecule has 0 saturated heterocycles. The van der Waals surface area contributed by atoms with Crippen molar-refractivity contribution in [3.63, 3.8) is 0 Å². The Morgan fingerprint density at radius 1 is 1.56 bits per heavy atom. The van der Waals surface area contributed by atoms with Crippen molar-refractivity contribution < 1.29 is 14.4 Å². The van der Waals surface area contributed by atoms with Crippen LogP contribution in [0.4, 0.5) is 4.79 Å². The highest BCUT2D eigenvalue weighted by Crippen LogP contribution is 1.63. The molecule has 0 aliphatic carbocycles. The zero-order valence-electron chi connectivity index (χ0n) is 5.43. The van der Waals surface area contributed by atoms with Gasteiger partial charge in [0, 0.05) is 7.11 Å². The monoisotopic (exact) mass is 134 g/mol. The van der Waals surface area contributed by atoms with E-state index in [0.29, 0.717) is 0 Å².